The quantitative estimate of drug-likeness (QED) is 0.0486. The molecule has 0 amide bonds. The number of phenolic OH excluding ortho intramolecular Hbond substituents is 1. The maximum atomic E-state index is 14.7. The van der Waals surface area contributed by atoms with Crippen LogP contribution in [0.2, 0.25) is 5.28 Å². The molecule has 0 spiro atoms. The van der Waals surface area contributed by atoms with Gasteiger partial charge in [-0.3, -0.25) is 18.2 Å². The summed E-state index contributed by atoms with van der Waals surface area (Å²) < 4.78 is 184. The molecule has 5 aromatic rings. The van der Waals surface area contributed by atoms with Gasteiger partial charge in [0.25, 0.3) is 30.4 Å². The summed E-state index contributed by atoms with van der Waals surface area (Å²) in [6, 6.07) is 4.75. The first-order valence-electron chi connectivity index (χ1n) is 18.1. The Labute approximate surface area is 383 Å². The second-order valence-electron chi connectivity index (χ2n) is 13.6. The van der Waals surface area contributed by atoms with E-state index in [-0.39, 0.29) is 56.4 Å². The van der Waals surface area contributed by atoms with Crippen molar-refractivity contribution in [3.05, 3.63) is 47.8 Å². The highest BCUT2D eigenvalue weighted by molar-refractivity contribution is 7.91. The molecule has 1 aliphatic rings. The molecule has 3 heterocycles. The van der Waals surface area contributed by atoms with E-state index in [9.17, 15) is 65.2 Å². The van der Waals surface area contributed by atoms with Gasteiger partial charge in [0.1, 0.15) is 21.2 Å². The number of rotatable bonds is 18. The first-order chi connectivity index (χ1) is 31.1. The lowest BCUT2D eigenvalue weighted by atomic mass is 10.1. The number of sulfone groups is 1. The fourth-order valence-corrected chi connectivity index (χ4v) is 9.31. The minimum Gasteiger partial charge on any atom is -0.505 e. The molecule has 6 rings (SSSR count). The Kier molecular flexibility index (Phi) is 14.7. The lowest BCUT2D eigenvalue weighted by Crippen LogP contribution is -2.37. The van der Waals surface area contributed by atoms with Gasteiger partial charge in [0.05, 0.1) is 41.9 Å². The van der Waals surface area contributed by atoms with Gasteiger partial charge in [0, 0.05) is 37.8 Å². The van der Waals surface area contributed by atoms with Gasteiger partial charge >= 0.3 is 16.5 Å². The topological polar surface area (TPSA) is 423 Å². The molecule has 3 aromatic carbocycles. The van der Waals surface area contributed by atoms with Crippen molar-refractivity contribution in [3.8, 4) is 5.75 Å². The van der Waals surface area contributed by atoms with Crippen LogP contribution < -0.4 is 20.4 Å². The number of hydrogen-bond acceptors (Lipinski definition) is 25. The molecule has 1 fully saturated rings. The largest absolute Gasteiger partial charge is 0.505 e. The molecule has 362 valence electrons. The van der Waals surface area contributed by atoms with E-state index in [4.69, 9.17) is 20.9 Å². The van der Waals surface area contributed by atoms with Crippen LogP contribution in [0.3, 0.4) is 0 Å². The molecule has 1 saturated heterocycles. The van der Waals surface area contributed by atoms with Gasteiger partial charge < -0.3 is 30.3 Å². The number of morpholine rings is 1. The van der Waals surface area contributed by atoms with Gasteiger partial charge in [-0.05, 0) is 53.4 Å². The Hall–Kier alpha value is -5.73. The number of anilines is 6. The highest BCUT2D eigenvalue weighted by Crippen LogP contribution is 2.46. The SMILES string of the molecule is CN(CCS(=O)(=O)CCOS(=O)(=O)O)c1nc(Cl)nc(Nc2ccc(S(=O)(=O)O)c(N=Nc3c(S(=O)(=O)O)cc4cc(S(=O)(=O)O)cc(Nc5nc(F)nc(N6CCOCC6)n5)c4c3O)c2)n1. The minimum atomic E-state index is -5.45. The van der Waals surface area contributed by atoms with Gasteiger partial charge in [0.2, 0.25) is 29.1 Å². The Morgan fingerprint density at radius 2 is 1.48 bits per heavy atom. The van der Waals surface area contributed by atoms with Crippen LogP contribution in [0.5, 0.6) is 5.75 Å². The number of fused-ring (bicyclic) bond motifs is 1. The monoisotopic (exact) mass is 1060 g/mol. The van der Waals surface area contributed by atoms with E-state index in [0.717, 1.165) is 24.3 Å². The van der Waals surface area contributed by atoms with Crippen LogP contribution in [-0.2, 0) is 59.5 Å². The average molecular weight is 1060 g/mol. The highest BCUT2D eigenvalue weighted by atomic mass is 35.5. The van der Waals surface area contributed by atoms with Gasteiger partial charge in [-0.1, -0.05) is 0 Å². The Bertz CT molecular complexity index is 3370. The number of nitrogens with zero attached hydrogens (tertiary/aromatic N) is 10. The summed E-state index contributed by atoms with van der Waals surface area (Å²) in [5.74, 6) is -3.90. The van der Waals surface area contributed by atoms with E-state index in [1.807, 2.05) is 0 Å². The van der Waals surface area contributed by atoms with Crippen LogP contribution in [-0.4, -0.2) is 153 Å². The lowest BCUT2D eigenvalue weighted by molar-refractivity contribution is 0.122. The van der Waals surface area contributed by atoms with Crippen molar-refractivity contribution in [2.75, 3.05) is 78.4 Å². The number of azo groups is 1. The van der Waals surface area contributed by atoms with E-state index in [1.54, 1.807) is 0 Å². The van der Waals surface area contributed by atoms with E-state index in [2.05, 4.69) is 54.9 Å². The Morgan fingerprint density at radius 3 is 2.12 bits per heavy atom. The van der Waals surface area contributed by atoms with Crippen LogP contribution in [0.25, 0.3) is 10.8 Å². The zero-order chi connectivity index (χ0) is 49.3. The Morgan fingerprint density at radius 1 is 0.806 bits per heavy atom. The fraction of sp³-hybridized carbons (Fsp3) is 0.290. The van der Waals surface area contributed by atoms with Gasteiger partial charge in [-0.2, -0.15) is 68.0 Å². The van der Waals surface area contributed by atoms with E-state index in [0.29, 0.717) is 12.1 Å². The van der Waals surface area contributed by atoms with Crippen molar-refractivity contribution in [3.63, 3.8) is 0 Å². The van der Waals surface area contributed by atoms with Gasteiger partial charge in [-0.25, -0.2) is 12.6 Å². The summed E-state index contributed by atoms with van der Waals surface area (Å²) in [5, 5.41) is 22.7. The molecule has 0 unspecified atom stereocenters. The van der Waals surface area contributed by atoms with Crippen molar-refractivity contribution < 1.29 is 78.7 Å². The van der Waals surface area contributed by atoms with E-state index in [1.165, 1.54) is 16.8 Å². The molecular formula is C31H32ClFN12O17S5. The third-order valence-electron chi connectivity index (χ3n) is 8.89. The molecule has 7 N–H and O–H groups in total. The van der Waals surface area contributed by atoms with Crippen molar-refractivity contribution in [2.24, 2.45) is 10.2 Å². The lowest BCUT2D eigenvalue weighted by Gasteiger charge is -2.26. The number of benzene rings is 3. The Balaban J connectivity index is 1.39. The second-order valence-corrected chi connectivity index (χ2v) is 21.5. The van der Waals surface area contributed by atoms with Gasteiger partial charge in [0.15, 0.2) is 15.6 Å². The summed E-state index contributed by atoms with van der Waals surface area (Å²) in [7, 11) is -23.2. The van der Waals surface area contributed by atoms with E-state index >= 15 is 0 Å². The fourth-order valence-electron chi connectivity index (χ4n) is 5.86. The molecule has 1 aliphatic heterocycles. The molecule has 2 aromatic heterocycles. The van der Waals surface area contributed by atoms with Crippen molar-refractivity contribution in [1.82, 2.24) is 29.9 Å². The van der Waals surface area contributed by atoms with Crippen LogP contribution in [0.15, 0.2) is 61.3 Å². The molecular weight excluding hydrogens is 1030 g/mol. The number of ether oxygens (including phenoxy) is 1. The summed E-state index contributed by atoms with van der Waals surface area (Å²) >= 11 is 6.07. The average Bonchev–Trinajstić information content (AvgIpc) is 3.20. The highest BCUT2D eigenvalue weighted by Gasteiger charge is 2.27. The number of aromatic nitrogens is 6. The van der Waals surface area contributed by atoms with Gasteiger partial charge in [-0.15, -0.1) is 10.2 Å². The standard InChI is InChI=1S/C31H32ClFN12O17S5/c1-44(6-10-63(47,48)11-9-62-67(58,59)60)30-37-26(32)36-28(40-30)34-17-2-3-21(65(52,53)54)19(14-17)42-43-24-22(66(55,56)57)13-16-12-18(64(49,50)51)15-20(23(16)25(24)46)35-29-38-27(33)39-31(41-29)45-4-7-61-8-5-45/h2-3,12-15,46H,4-11H2,1H3,(H,49,50,51)(H,52,53,54)(H,55,56,57)(H,58,59,60)(H,34,36,37,40)(H,35,38,39,41). The van der Waals surface area contributed by atoms with Crippen LogP contribution in [0, 0.1) is 6.08 Å². The van der Waals surface area contributed by atoms with Crippen molar-refractivity contribution in [1.29, 1.82) is 0 Å². The second kappa shape index (κ2) is 19.5. The van der Waals surface area contributed by atoms with Crippen LogP contribution in [0.4, 0.5) is 50.9 Å². The summed E-state index contributed by atoms with van der Waals surface area (Å²) in [6.45, 7) is -0.198. The van der Waals surface area contributed by atoms with Crippen LogP contribution >= 0.6 is 11.6 Å². The molecule has 0 radical (unpaired) electrons. The van der Waals surface area contributed by atoms with E-state index < -0.39 is 134 Å². The summed E-state index contributed by atoms with van der Waals surface area (Å²) in [5.41, 5.74) is -2.55. The maximum Gasteiger partial charge on any atom is 0.397 e. The molecule has 0 aliphatic carbocycles. The van der Waals surface area contributed by atoms with Crippen molar-refractivity contribution in [2.45, 2.75) is 14.7 Å². The van der Waals surface area contributed by atoms with Crippen LogP contribution in [0.1, 0.15) is 0 Å². The molecule has 0 saturated carbocycles. The zero-order valence-electron chi connectivity index (χ0n) is 33.5. The predicted octanol–water partition coefficient (Wildman–Crippen LogP) is 1.86. The smallest absolute Gasteiger partial charge is 0.397 e. The normalized spacial score (nSPS) is 14.2. The molecule has 67 heavy (non-hydrogen) atoms. The van der Waals surface area contributed by atoms with Crippen molar-refractivity contribution >= 4 is 120 Å². The zero-order valence-corrected chi connectivity index (χ0v) is 38.4. The first kappa shape index (κ1) is 50.7. The molecule has 0 bridgehead atoms. The number of nitrogens with one attached hydrogen (secondary N) is 2. The maximum absolute atomic E-state index is 14.7. The third kappa shape index (κ3) is 13.3. The number of hydrogen-bond donors (Lipinski definition) is 7. The number of halogens is 2. The summed E-state index contributed by atoms with van der Waals surface area (Å²) in [4.78, 5) is 22.9. The summed E-state index contributed by atoms with van der Waals surface area (Å²) in [6.07, 6.45) is -1.31. The number of phenols is 1. The minimum absolute atomic E-state index is 0.137. The predicted molar refractivity (Wildman–Crippen MR) is 229 cm³/mol. The number of aromatic hydroxyl groups is 1. The molecule has 36 heteroatoms. The molecule has 0 atom stereocenters. The molecule has 29 nitrogen and oxygen atoms in total. The first-order valence-corrected chi connectivity index (χ1v) is 26.0. The third-order valence-corrected chi connectivity index (χ3v) is 13.7.